The molecule has 0 bridgehead atoms. The fourth-order valence-electron chi connectivity index (χ4n) is 3.03. The van der Waals surface area contributed by atoms with Gasteiger partial charge in [-0.2, -0.15) is 0 Å². The summed E-state index contributed by atoms with van der Waals surface area (Å²) < 4.78 is 6.03. The van der Waals surface area contributed by atoms with Crippen LogP contribution in [0.2, 0.25) is 0 Å². The quantitative estimate of drug-likeness (QED) is 0.422. The van der Waals surface area contributed by atoms with Gasteiger partial charge in [0.15, 0.2) is 0 Å². The van der Waals surface area contributed by atoms with Crippen LogP contribution in [0.15, 0.2) is 65.1 Å². The largest absolute Gasteiger partial charge is 0.456 e. The van der Waals surface area contributed by atoms with Gasteiger partial charge < -0.3 is 4.42 Å². The van der Waals surface area contributed by atoms with E-state index in [2.05, 4.69) is 62.4 Å². The number of benzene rings is 3. The van der Waals surface area contributed by atoms with Gasteiger partial charge in [-0.3, -0.25) is 0 Å². The van der Waals surface area contributed by atoms with E-state index in [4.69, 9.17) is 4.42 Å². The van der Waals surface area contributed by atoms with Crippen molar-refractivity contribution in [2.75, 3.05) is 0 Å². The normalized spacial score (nSPS) is 11.3. The smallest absolute Gasteiger partial charge is 0.136 e. The number of fused-ring (bicyclic) bond motifs is 3. The van der Waals surface area contributed by atoms with Crippen molar-refractivity contribution in [3.8, 4) is 11.1 Å². The Balaban J connectivity index is 2.16. The molecule has 0 unspecified atom stereocenters. The average molecular weight is 272 g/mol. The summed E-state index contributed by atoms with van der Waals surface area (Å²) in [6, 6.07) is 21.3. The van der Waals surface area contributed by atoms with Crippen molar-refractivity contribution in [2.45, 2.75) is 13.8 Å². The Labute approximate surface area is 123 Å². The summed E-state index contributed by atoms with van der Waals surface area (Å²) in [7, 11) is 0. The van der Waals surface area contributed by atoms with Gasteiger partial charge in [0.05, 0.1) is 0 Å². The summed E-state index contributed by atoms with van der Waals surface area (Å²) in [5.41, 5.74) is 6.90. The lowest BCUT2D eigenvalue weighted by Crippen LogP contribution is -1.83. The van der Waals surface area contributed by atoms with Crippen molar-refractivity contribution in [3.63, 3.8) is 0 Å². The lowest BCUT2D eigenvalue weighted by Gasteiger charge is -2.06. The Bertz CT molecular complexity index is 960. The highest BCUT2D eigenvalue weighted by Crippen LogP contribution is 2.37. The van der Waals surface area contributed by atoms with Crippen LogP contribution in [0, 0.1) is 13.8 Å². The van der Waals surface area contributed by atoms with E-state index in [0.29, 0.717) is 0 Å². The van der Waals surface area contributed by atoms with E-state index in [-0.39, 0.29) is 0 Å². The molecule has 0 aliphatic rings. The number of hydrogen-bond donors (Lipinski definition) is 0. The van der Waals surface area contributed by atoms with E-state index in [0.717, 1.165) is 11.2 Å². The number of furan rings is 1. The van der Waals surface area contributed by atoms with Crippen LogP contribution in [0.25, 0.3) is 33.1 Å². The van der Waals surface area contributed by atoms with Gasteiger partial charge in [-0.1, -0.05) is 54.1 Å². The molecule has 0 amide bonds. The van der Waals surface area contributed by atoms with E-state index in [1.807, 2.05) is 12.1 Å². The number of para-hydroxylation sites is 1. The summed E-state index contributed by atoms with van der Waals surface area (Å²) >= 11 is 0. The molecule has 4 rings (SSSR count). The third-order valence-electron chi connectivity index (χ3n) is 3.95. The topological polar surface area (TPSA) is 13.1 Å². The van der Waals surface area contributed by atoms with Crippen molar-refractivity contribution >= 4 is 21.9 Å². The lowest BCUT2D eigenvalue weighted by molar-refractivity contribution is 0.668. The van der Waals surface area contributed by atoms with Crippen molar-refractivity contribution in [1.82, 2.24) is 0 Å². The van der Waals surface area contributed by atoms with Crippen molar-refractivity contribution in [2.24, 2.45) is 0 Å². The summed E-state index contributed by atoms with van der Waals surface area (Å²) in [6.07, 6.45) is 0. The van der Waals surface area contributed by atoms with Crippen LogP contribution in [-0.2, 0) is 0 Å². The van der Waals surface area contributed by atoms with Gasteiger partial charge in [0.1, 0.15) is 11.2 Å². The van der Waals surface area contributed by atoms with Gasteiger partial charge in [-0.15, -0.1) is 0 Å². The number of aryl methyl sites for hydroxylation is 2. The Hall–Kier alpha value is -2.54. The zero-order chi connectivity index (χ0) is 14.4. The molecule has 102 valence electrons. The highest BCUT2D eigenvalue weighted by Gasteiger charge is 2.13. The van der Waals surface area contributed by atoms with Crippen molar-refractivity contribution in [3.05, 3.63) is 71.8 Å². The molecule has 0 saturated heterocycles. The third kappa shape index (κ3) is 1.93. The van der Waals surface area contributed by atoms with Crippen LogP contribution < -0.4 is 0 Å². The summed E-state index contributed by atoms with van der Waals surface area (Å²) in [4.78, 5) is 0. The minimum absolute atomic E-state index is 0.951. The Kier molecular flexibility index (Phi) is 2.61. The predicted octanol–water partition coefficient (Wildman–Crippen LogP) is 5.87. The molecule has 0 N–H and O–H groups in total. The van der Waals surface area contributed by atoms with Crippen LogP contribution in [0.4, 0.5) is 0 Å². The minimum atomic E-state index is 0.951. The van der Waals surface area contributed by atoms with E-state index in [1.54, 1.807) is 0 Å². The van der Waals surface area contributed by atoms with Crippen molar-refractivity contribution < 1.29 is 4.42 Å². The van der Waals surface area contributed by atoms with Gasteiger partial charge in [0, 0.05) is 10.8 Å². The fraction of sp³-hybridized carbons (Fsp3) is 0.100. The fourth-order valence-corrected chi connectivity index (χ4v) is 3.03. The van der Waals surface area contributed by atoms with Crippen LogP contribution in [0.5, 0.6) is 0 Å². The van der Waals surface area contributed by atoms with Crippen LogP contribution >= 0.6 is 0 Å². The Morgan fingerprint density at radius 3 is 2.43 bits per heavy atom. The van der Waals surface area contributed by atoms with E-state index >= 15 is 0 Å². The molecule has 1 aromatic heterocycles. The molecular weight excluding hydrogens is 256 g/mol. The molecular formula is C20H16O. The maximum atomic E-state index is 6.03. The van der Waals surface area contributed by atoms with Crippen LogP contribution in [0.1, 0.15) is 11.1 Å². The van der Waals surface area contributed by atoms with Crippen LogP contribution in [-0.4, -0.2) is 0 Å². The highest BCUT2D eigenvalue weighted by molar-refractivity contribution is 6.12. The molecule has 0 spiro atoms. The lowest BCUT2D eigenvalue weighted by atomic mass is 9.96. The SMILES string of the molecule is Cc1cccc(-c2cc(C)cc3oc4ccccc4c23)c1. The van der Waals surface area contributed by atoms with Gasteiger partial charge in [0.2, 0.25) is 0 Å². The average Bonchev–Trinajstić information content (AvgIpc) is 2.84. The number of hydrogen-bond acceptors (Lipinski definition) is 1. The first-order chi connectivity index (χ1) is 10.2. The van der Waals surface area contributed by atoms with Gasteiger partial charge in [-0.05, 0) is 42.7 Å². The second-order valence-corrected chi connectivity index (χ2v) is 5.65. The first-order valence-electron chi connectivity index (χ1n) is 7.21. The standard InChI is InChI=1S/C20H16O/c1-13-6-5-7-15(10-13)17-11-14(2)12-19-20(17)16-8-3-4-9-18(16)21-19/h3-12H,1-2H3. The summed E-state index contributed by atoms with van der Waals surface area (Å²) in [6.45, 7) is 4.25. The monoisotopic (exact) mass is 272 g/mol. The number of rotatable bonds is 1. The molecule has 0 saturated carbocycles. The highest BCUT2D eigenvalue weighted by atomic mass is 16.3. The second-order valence-electron chi connectivity index (χ2n) is 5.65. The second kappa shape index (κ2) is 4.49. The maximum absolute atomic E-state index is 6.03. The summed E-state index contributed by atoms with van der Waals surface area (Å²) in [5, 5.41) is 2.39. The molecule has 3 aromatic carbocycles. The molecule has 0 aliphatic carbocycles. The maximum Gasteiger partial charge on any atom is 0.136 e. The first kappa shape index (κ1) is 12.2. The Morgan fingerprint density at radius 1 is 0.714 bits per heavy atom. The Morgan fingerprint density at radius 2 is 1.57 bits per heavy atom. The molecule has 0 atom stereocenters. The molecule has 21 heavy (non-hydrogen) atoms. The zero-order valence-corrected chi connectivity index (χ0v) is 12.2. The van der Waals surface area contributed by atoms with Gasteiger partial charge >= 0.3 is 0 Å². The molecule has 1 heteroatoms. The first-order valence-corrected chi connectivity index (χ1v) is 7.21. The molecule has 1 nitrogen and oxygen atoms in total. The zero-order valence-electron chi connectivity index (χ0n) is 12.2. The molecule has 0 radical (unpaired) electrons. The van der Waals surface area contributed by atoms with E-state index in [9.17, 15) is 0 Å². The van der Waals surface area contributed by atoms with Gasteiger partial charge in [0.25, 0.3) is 0 Å². The minimum Gasteiger partial charge on any atom is -0.456 e. The summed E-state index contributed by atoms with van der Waals surface area (Å²) in [5.74, 6) is 0. The van der Waals surface area contributed by atoms with E-state index < -0.39 is 0 Å². The van der Waals surface area contributed by atoms with Crippen LogP contribution in [0.3, 0.4) is 0 Å². The molecule has 4 aromatic rings. The van der Waals surface area contributed by atoms with Crippen molar-refractivity contribution in [1.29, 1.82) is 0 Å². The molecule has 0 fully saturated rings. The van der Waals surface area contributed by atoms with E-state index in [1.165, 1.54) is 33.0 Å². The van der Waals surface area contributed by atoms with Gasteiger partial charge in [-0.25, -0.2) is 0 Å². The molecule has 1 heterocycles. The third-order valence-corrected chi connectivity index (χ3v) is 3.95. The predicted molar refractivity (Wildman–Crippen MR) is 88.6 cm³/mol. The molecule has 0 aliphatic heterocycles.